The van der Waals surface area contributed by atoms with Gasteiger partial charge in [-0.25, -0.2) is 0 Å². The van der Waals surface area contributed by atoms with Crippen molar-refractivity contribution in [1.82, 2.24) is 0 Å². The first-order valence-corrected chi connectivity index (χ1v) is 10.6. The van der Waals surface area contributed by atoms with Crippen LogP contribution in [0.15, 0.2) is 0 Å². The van der Waals surface area contributed by atoms with E-state index in [-0.39, 0.29) is 35.2 Å². The second-order valence-corrected chi connectivity index (χ2v) is 10.6. The van der Waals surface area contributed by atoms with Gasteiger partial charge in [-0.15, -0.1) is 0 Å². The molecule has 0 aliphatic heterocycles. The van der Waals surface area contributed by atoms with Crippen LogP contribution in [0, 0.1) is 34.0 Å². The van der Waals surface area contributed by atoms with E-state index in [1.54, 1.807) is 0 Å². The van der Waals surface area contributed by atoms with Crippen molar-refractivity contribution in [3.63, 3.8) is 0 Å². The lowest BCUT2D eigenvalue weighted by Gasteiger charge is -2.63. The van der Waals surface area contributed by atoms with E-state index < -0.39 is 17.0 Å². The number of aliphatic carboxylic acids is 1. The maximum atomic E-state index is 12.2. The number of hydrogen-bond donors (Lipinski definition) is 2. The number of carboxylic acid groups (broad SMARTS) is 1. The zero-order valence-corrected chi connectivity index (χ0v) is 16.9. The molecule has 4 saturated carbocycles. The standard InChI is InChI=1S/C22H34O5/c1-14(23)27-13-22(26)12-21-10-7-16-19(2,17(21)6-5-15(22)11-21)8-4-9-20(16,3)18(24)25/h15-17,26H,4-13H2,1-3H3,(H,24,25)/t15-,16-,17+,19+,20+,21+,22-/m1/s1. The van der Waals surface area contributed by atoms with E-state index in [0.29, 0.717) is 12.3 Å². The zero-order chi connectivity index (χ0) is 19.7. The molecule has 4 fully saturated rings. The summed E-state index contributed by atoms with van der Waals surface area (Å²) in [5, 5.41) is 21.3. The summed E-state index contributed by atoms with van der Waals surface area (Å²) in [6.07, 6.45) is 8.51. The van der Waals surface area contributed by atoms with Crippen LogP contribution < -0.4 is 0 Å². The van der Waals surface area contributed by atoms with Gasteiger partial charge in [0, 0.05) is 6.92 Å². The van der Waals surface area contributed by atoms with Crippen LogP contribution >= 0.6 is 0 Å². The fourth-order valence-electron chi connectivity index (χ4n) is 8.27. The number of carbonyl (C=O) groups excluding carboxylic acids is 1. The molecule has 0 unspecified atom stereocenters. The summed E-state index contributed by atoms with van der Waals surface area (Å²) in [7, 11) is 0. The molecule has 7 atom stereocenters. The van der Waals surface area contributed by atoms with Crippen molar-refractivity contribution < 1.29 is 24.5 Å². The van der Waals surface area contributed by atoms with E-state index in [2.05, 4.69) is 6.92 Å². The van der Waals surface area contributed by atoms with Crippen molar-refractivity contribution in [3.05, 3.63) is 0 Å². The van der Waals surface area contributed by atoms with Crippen LogP contribution in [-0.4, -0.2) is 34.4 Å². The van der Waals surface area contributed by atoms with Gasteiger partial charge < -0.3 is 14.9 Å². The number of carbonyl (C=O) groups is 2. The molecule has 0 aromatic heterocycles. The monoisotopic (exact) mass is 378 g/mol. The molecule has 0 saturated heterocycles. The number of rotatable bonds is 3. The minimum absolute atomic E-state index is 0.0291. The summed E-state index contributed by atoms with van der Waals surface area (Å²) < 4.78 is 5.24. The van der Waals surface area contributed by atoms with Gasteiger partial charge in [0.1, 0.15) is 12.2 Å². The summed E-state index contributed by atoms with van der Waals surface area (Å²) in [5.41, 5.74) is -1.42. The van der Waals surface area contributed by atoms with Gasteiger partial charge in [0.05, 0.1) is 5.41 Å². The Labute approximate surface area is 161 Å². The lowest BCUT2D eigenvalue weighted by Crippen LogP contribution is -2.58. The molecule has 2 bridgehead atoms. The van der Waals surface area contributed by atoms with Crippen LogP contribution in [0.3, 0.4) is 0 Å². The van der Waals surface area contributed by atoms with E-state index in [0.717, 1.165) is 51.4 Å². The van der Waals surface area contributed by atoms with Crippen LogP contribution in [0.5, 0.6) is 0 Å². The lowest BCUT2D eigenvalue weighted by atomic mass is 9.41. The molecule has 0 radical (unpaired) electrons. The van der Waals surface area contributed by atoms with Crippen molar-refractivity contribution in [2.75, 3.05) is 6.61 Å². The molecule has 4 rings (SSSR count). The summed E-state index contributed by atoms with van der Waals surface area (Å²) in [6, 6.07) is 0. The molecule has 5 nitrogen and oxygen atoms in total. The Morgan fingerprint density at radius 3 is 2.48 bits per heavy atom. The van der Waals surface area contributed by atoms with Gasteiger partial charge in [-0.3, -0.25) is 9.59 Å². The lowest BCUT2D eigenvalue weighted by molar-refractivity contribution is -0.181. The molecule has 0 heterocycles. The van der Waals surface area contributed by atoms with Crippen LogP contribution in [0.4, 0.5) is 0 Å². The zero-order valence-electron chi connectivity index (χ0n) is 16.9. The van der Waals surface area contributed by atoms with E-state index in [1.807, 2.05) is 6.92 Å². The third-order valence-electron chi connectivity index (χ3n) is 9.33. The Morgan fingerprint density at radius 2 is 1.81 bits per heavy atom. The fraction of sp³-hybridized carbons (Fsp3) is 0.909. The Balaban J connectivity index is 1.65. The average molecular weight is 379 g/mol. The molecule has 2 N–H and O–H groups in total. The molecule has 5 heteroatoms. The number of carboxylic acids is 1. The third kappa shape index (κ3) is 2.60. The first-order valence-electron chi connectivity index (χ1n) is 10.6. The van der Waals surface area contributed by atoms with E-state index in [1.165, 1.54) is 6.92 Å². The molecular weight excluding hydrogens is 344 g/mol. The number of fused-ring (bicyclic) bond motifs is 3. The van der Waals surface area contributed by atoms with Crippen molar-refractivity contribution >= 4 is 11.9 Å². The molecule has 1 spiro atoms. The minimum atomic E-state index is -0.908. The predicted octanol–water partition coefficient (Wildman–Crippen LogP) is 3.78. The predicted molar refractivity (Wildman–Crippen MR) is 99.9 cm³/mol. The second kappa shape index (κ2) is 5.95. The van der Waals surface area contributed by atoms with Crippen molar-refractivity contribution in [2.24, 2.45) is 34.0 Å². The maximum absolute atomic E-state index is 12.2. The largest absolute Gasteiger partial charge is 0.481 e. The fourth-order valence-corrected chi connectivity index (χ4v) is 8.27. The topological polar surface area (TPSA) is 83.8 Å². The van der Waals surface area contributed by atoms with Gasteiger partial charge in [-0.05, 0) is 86.9 Å². The van der Waals surface area contributed by atoms with Gasteiger partial charge in [-0.2, -0.15) is 0 Å². The van der Waals surface area contributed by atoms with Gasteiger partial charge in [0.2, 0.25) is 0 Å². The first kappa shape index (κ1) is 19.2. The molecule has 152 valence electrons. The number of esters is 1. The highest BCUT2D eigenvalue weighted by molar-refractivity contribution is 5.75. The molecular formula is C22H34O5. The molecule has 0 amide bonds. The summed E-state index contributed by atoms with van der Waals surface area (Å²) in [4.78, 5) is 23.5. The second-order valence-electron chi connectivity index (χ2n) is 10.6. The average Bonchev–Trinajstić information content (AvgIpc) is 2.79. The SMILES string of the molecule is CC(=O)OC[C@]1(O)C[C@@]23CC[C@@H]4[C@](C)(CCC[C@]4(C)C(=O)O)[C@@H]2CC[C@@H]1C3. The Hall–Kier alpha value is -1.10. The van der Waals surface area contributed by atoms with Crippen LogP contribution in [0.1, 0.15) is 78.6 Å². The molecule has 0 aromatic carbocycles. The highest BCUT2D eigenvalue weighted by Crippen LogP contribution is 2.72. The van der Waals surface area contributed by atoms with E-state index >= 15 is 0 Å². The molecule has 4 aliphatic rings. The molecule has 0 aromatic rings. The quantitative estimate of drug-likeness (QED) is 0.730. The van der Waals surface area contributed by atoms with Gasteiger partial charge in [0.15, 0.2) is 0 Å². The minimum Gasteiger partial charge on any atom is -0.481 e. The Morgan fingerprint density at radius 1 is 1.07 bits per heavy atom. The van der Waals surface area contributed by atoms with Gasteiger partial charge >= 0.3 is 11.9 Å². The molecule has 27 heavy (non-hydrogen) atoms. The van der Waals surface area contributed by atoms with Gasteiger partial charge in [0.25, 0.3) is 0 Å². The molecule has 4 aliphatic carbocycles. The van der Waals surface area contributed by atoms with Crippen LogP contribution in [0.2, 0.25) is 0 Å². The smallest absolute Gasteiger partial charge is 0.309 e. The first-order chi connectivity index (χ1) is 12.6. The third-order valence-corrected chi connectivity index (χ3v) is 9.33. The van der Waals surface area contributed by atoms with E-state index in [4.69, 9.17) is 4.74 Å². The van der Waals surface area contributed by atoms with Crippen molar-refractivity contribution in [1.29, 1.82) is 0 Å². The number of ether oxygens (including phenoxy) is 1. The Bertz CT molecular complexity index is 661. The number of hydrogen-bond acceptors (Lipinski definition) is 4. The van der Waals surface area contributed by atoms with E-state index in [9.17, 15) is 19.8 Å². The van der Waals surface area contributed by atoms with Crippen LogP contribution in [0.25, 0.3) is 0 Å². The summed E-state index contributed by atoms with van der Waals surface area (Å²) >= 11 is 0. The van der Waals surface area contributed by atoms with Crippen molar-refractivity contribution in [3.8, 4) is 0 Å². The highest BCUT2D eigenvalue weighted by Gasteiger charge is 2.68. The summed E-state index contributed by atoms with van der Waals surface area (Å²) in [5.74, 6) is -0.0986. The number of aliphatic hydroxyl groups is 1. The Kier molecular flexibility index (Phi) is 4.24. The highest BCUT2D eigenvalue weighted by atomic mass is 16.5. The van der Waals surface area contributed by atoms with Crippen LogP contribution in [-0.2, 0) is 14.3 Å². The maximum Gasteiger partial charge on any atom is 0.309 e. The van der Waals surface area contributed by atoms with Crippen molar-refractivity contribution in [2.45, 2.75) is 84.2 Å². The summed E-state index contributed by atoms with van der Waals surface area (Å²) in [6.45, 7) is 5.81. The normalized spacial score (nSPS) is 51.2. The van der Waals surface area contributed by atoms with Gasteiger partial charge in [-0.1, -0.05) is 13.3 Å².